The van der Waals surface area contributed by atoms with E-state index in [0.29, 0.717) is 11.3 Å². The van der Waals surface area contributed by atoms with Crippen molar-refractivity contribution < 1.29 is 22.7 Å². The van der Waals surface area contributed by atoms with E-state index in [1.165, 1.54) is 25.4 Å². The van der Waals surface area contributed by atoms with Crippen molar-refractivity contribution in [2.45, 2.75) is 13.1 Å². The molecule has 1 amide bonds. The van der Waals surface area contributed by atoms with E-state index in [0.717, 1.165) is 17.2 Å². The molecule has 0 saturated carbocycles. The number of rotatable bonds is 6. The van der Waals surface area contributed by atoms with Crippen LogP contribution >= 0.6 is 0 Å². The Balaban J connectivity index is 1.87. The number of nitrogens with one attached hydrogen (secondary N) is 3. The summed E-state index contributed by atoms with van der Waals surface area (Å²) in [5.41, 5.74) is 2.12. The van der Waals surface area contributed by atoms with Crippen molar-refractivity contribution in [3.05, 3.63) is 59.3 Å². The van der Waals surface area contributed by atoms with E-state index in [1.54, 1.807) is 6.07 Å². The Morgan fingerprint density at radius 1 is 1.21 bits per heavy atom. The summed E-state index contributed by atoms with van der Waals surface area (Å²) in [5, 5.41) is 8.29. The van der Waals surface area contributed by atoms with Crippen LogP contribution in [0.25, 0.3) is 5.57 Å². The number of carbonyl (C=O) groups is 1. The Bertz CT molecular complexity index is 923. The van der Waals surface area contributed by atoms with Crippen LogP contribution in [0.2, 0.25) is 0 Å². The van der Waals surface area contributed by atoms with Gasteiger partial charge in [-0.25, -0.2) is 0 Å². The first-order valence-corrected chi connectivity index (χ1v) is 8.63. The van der Waals surface area contributed by atoms with Crippen molar-refractivity contribution in [3.63, 3.8) is 0 Å². The van der Waals surface area contributed by atoms with E-state index in [4.69, 9.17) is 4.74 Å². The van der Waals surface area contributed by atoms with E-state index < -0.39 is 11.7 Å². The van der Waals surface area contributed by atoms with Gasteiger partial charge in [-0.05, 0) is 36.8 Å². The Morgan fingerprint density at radius 3 is 2.71 bits per heavy atom. The Hall–Kier alpha value is -3.00. The van der Waals surface area contributed by atoms with Gasteiger partial charge in [0.2, 0.25) is 0 Å². The van der Waals surface area contributed by atoms with Crippen molar-refractivity contribution in [2.24, 2.45) is 0 Å². The lowest BCUT2D eigenvalue weighted by Gasteiger charge is -2.16. The second-order valence-electron chi connectivity index (χ2n) is 6.33. The molecule has 1 aliphatic rings. The van der Waals surface area contributed by atoms with Crippen molar-refractivity contribution in [2.75, 3.05) is 36.2 Å². The van der Waals surface area contributed by atoms with Gasteiger partial charge in [0.15, 0.2) is 0 Å². The van der Waals surface area contributed by atoms with E-state index >= 15 is 0 Å². The molecule has 0 aliphatic carbocycles. The first kappa shape index (κ1) is 19.8. The van der Waals surface area contributed by atoms with Crippen LogP contribution in [0, 0.1) is 6.92 Å². The predicted octanol–water partition coefficient (Wildman–Crippen LogP) is 4.48. The summed E-state index contributed by atoms with van der Waals surface area (Å²) in [7, 11) is 1.48. The zero-order chi connectivity index (χ0) is 20.3. The number of aryl methyl sites for hydroxylation is 1. The molecule has 3 rings (SSSR count). The Kier molecular flexibility index (Phi) is 5.60. The highest BCUT2D eigenvalue weighted by Gasteiger charge is 2.34. The molecule has 0 spiro atoms. The van der Waals surface area contributed by atoms with Gasteiger partial charge in [-0.3, -0.25) is 4.79 Å². The molecular formula is C20H20F3N3O2. The van der Waals surface area contributed by atoms with Crippen LogP contribution in [0.4, 0.5) is 30.2 Å². The molecule has 0 unspecified atom stereocenters. The van der Waals surface area contributed by atoms with E-state index in [-0.39, 0.29) is 30.4 Å². The van der Waals surface area contributed by atoms with Crippen molar-refractivity contribution in [1.82, 2.24) is 0 Å². The SMILES string of the molecule is COCCNc1ccc(NC=C2C(=O)Nc3cccc(C)c32)cc1C(F)(F)F. The van der Waals surface area contributed by atoms with Crippen LogP contribution < -0.4 is 16.0 Å². The zero-order valence-corrected chi connectivity index (χ0v) is 15.4. The van der Waals surface area contributed by atoms with Crippen molar-refractivity contribution >= 4 is 28.5 Å². The van der Waals surface area contributed by atoms with E-state index in [9.17, 15) is 18.0 Å². The fourth-order valence-corrected chi connectivity index (χ4v) is 3.04. The maximum atomic E-state index is 13.4. The lowest BCUT2D eigenvalue weighted by molar-refractivity contribution is -0.136. The molecule has 0 atom stereocenters. The maximum absolute atomic E-state index is 13.4. The number of anilines is 3. The second-order valence-corrected chi connectivity index (χ2v) is 6.33. The number of halogens is 3. The van der Waals surface area contributed by atoms with Gasteiger partial charge in [0.1, 0.15) is 0 Å². The number of benzene rings is 2. The topological polar surface area (TPSA) is 62.4 Å². The largest absolute Gasteiger partial charge is 0.418 e. The summed E-state index contributed by atoms with van der Waals surface area (Å²) in [6, 6.07) is 9.37. The second kappa shape index (κ2) is 7.93. The number of carbonyl (C=O) groups excluding carboxylic acids is 1. The predicted molar refractivity (Wildman–Crippen MR) is 103 cm³/mol. The molecule has 5 nitrogen and oxygen atoms in total. The summed E-state index contributed by atoms with van der Waals surface area (Å²) >= 11 is 0. The molecule has 0 fully saturated rings. The van der Waals surface area contributed by atoms with Crippen LogP contribution in [0.5, 0.6) is 0 Å². The van der Waals surface area contributed by atoms with Gasteiger partial charge in [0.05, 0.1) is 17.7 Å². The summed E-state index contributed by atoms with van der Waals surface area (Å²) < 4.78 is 45.1. The number of ether oxygens (including phenoxy) is 1. The molecule has 2 aromatic carbocycles. The normalized spacial score (nSPS) is 14.8. The summed E-state index contributed by atoms with van der Waals surface area (Å²) in [4.78, 5) is 12.2. The van der Waals surface area contributed by atoms with Crippen LogP contribution in [0.1, 0.15) is 16.7 Å². The monoisotopic (exact) mass is 391 g/mol. The fourth-order valence-electron chi connectivity index (χ4n) is 3.04. The van der Waals surface area contributed by atoms with Crippen molar-refractivity contribution in [1.29, 1.82) is 0 Å². The molecule has 0 saturated heterocycles. The Labute approximate surface area is 160 Å². The Morgan fingerprint density at radius 2 is 2.00 bits per heavy atom. The highest BCUT2D eigenvalue weighted by molar-refractivity contribution is 6.32. The minimum absolute atomic E-state index is 0.0254. The van der Waals surface area contributed by atoms with Gasteiger partial charge in [0.25, 0.3) is 5.91 Å². The number of fused-ring (bicyclic) bond motifs is 1. The van der Waals surface area contributed by atoms with E-state index in [2.05, 4.69) is 16.0 Å². The van der Waals surface area contributed by atoms with Crippen LogP contribution in [-0.2, 0) is 15.7 Å². The lowest BCUT2D eigenvalue weighted by atomic mass is 10.0. The van der Waals surface area contributed by atoms with Gasteiger partial charge < -0.3 is 20.7 Å². The molecule has 2 aromatic rings. The number of alkyl halides is 3. The number of hydrogen-bond donors (Lipinski definition) is 3. The quantitative estimate of drug-likeness (QED) is 0.502. The first-order valence-electron chi connectivity index (χ1n) is 8.63. The third-order valence-corrected chi connectivity index (χ3v) is 4.36. The molecular weight excluding hydrogens is 371 g/mol. The summed E-state index contributed by atoms with van der Waals surface area (Å²) in [6.07, 6.45) is -3.09. The van der Waals surface area contributed by atoms with Gasteiger partial charge >= 0.3 is 6.18 Å². The van der Waals surface area contributed by atoms with Crippen LogP contribution in [0.3, 0.4) is 0 Å². The molecule has 1 aliphatic heterocycles. The van der Waals surface area contributed by atoms with Gasteiger partial charge in [-0.2, -0.15) is 13.2 Å². The summed E-state index contributed by atoms with van der Waals surface area (Å²) in [5.74, 6) is -0.300. The minimum atomic E-state index is -4.52. The van der Waals surface area contributed by atoms with Gasteiger partial charge in [0, 0.05) is 42.5 Å². The third-order valence-electron chi connectivity index (χ3n) is 4.36. The zero-order valence-electron chi connectivity index (χ0n) is 15.4. The molecule has 3 N–H and O–H groups in total. The molecule has 148 valence electrons. The van der Waals surface area contributed by atoms with Crippen LogP contribution in [0.15, 0.2) is 42.6 Å². The molecule has 0 bridgehead atoms. The van der Waals surface area contributed by atoms with Crippen molar-refractivity contribution in [3.8, 4) is 0 Å². The number of hydrogen-bond acceptors (Lipinski definition) is 4. The molecule has 0 radical (unpaired) electrons. The fraction of sp³-hybridized carbons (Fsp3) is 0.250. The maximum Gasteiger partial charge on any atom is 0.418 e. The molecule has 1 heterocycles. The van der Waals surface area contributed by atoms with Crippen LogP contribution in [-0.4, -0.2) is 26.2 Å². The van der Waals surface area contributed by atoms with Gasteiger partial charge in [-0.1, -0.05) is 12.1 Å². The highest BCUT2D eigenvalue weighted by atomic mass is 19.4. The molecule has 8 heteroatoms. The number of amides is 1. The number of methoxy groups -OCH3 is 1. The average molecular weight is 391 g/mol. The average Bonchev–Trinajstić information content (AvgIpc) is 2.96. The lowest BCUT2D eigenvalue weighted by Crippen LogP contribution is -2.14. The molecule has 0 aromatic heterocycles. The molecule has 28 heavy (non-hydrogen) atoms. The summed E-state index contributed by atoms with van der Waals surface area (Å²) in [6.45, 7) is 2.42. The highest BCUT2D eigenvalue weighted by Crippen LogP contribution is 2.37. The van der Waals surface area contributed by atoms with E-state index in [1.807, 2.05) is 19.1 Å². The van der Waals surface area contributed by atoms with Gasteiger partial charge in [-0.15, -0.1) is 0 Å². The smallest absolute Gasteiger partial charge is 0.383 e. The minimum Gasteiger partial charge on any atom is -0.383 e. The standard InChI is InChI=1S/C20H20F3N3O2/c1-12-4-3-5-17-18(12)14(19(27)26-17)11-25-13-6-7-16(24-8-9-28-2)15(10-13)20(21,22)23/h3-7,10-11,24-25H,8-9H2,1-2H3,(H,26,27). The third kappa shape index (κ3) is 4.12. The first-order chi connectivity index (χ1) is 13.3.